The predicted octanol–water partition coefficient (Wildman–Crippen LogP) is 5.08. The van der Waals surface area contributed by atoms with Gasteiger partial charge in [-0.25, -0.2) is 14.4 Å². The summed E-state index contributed by atoms with van der Waals surface area (Å²) in [6, 6.07) is 0. The predicted molar refractivity (Wildman–Crippen MR) is 118 cm³/mol. The average molecular weight is 423 g/mol. The second kappa shape index (κ2) is 14.6. The molecule has 1 aliphatic carbocycles. The van der Waals surface area contributed by atoms with Crippen LogP contribution in [0, 0.1) is 5.41 Å². The molecule has 6 heteroatoms. The highest BCUT2D eigenvalue weighted by Gasteiger charge is 2.34. The van der Waals surface area contributed by atoms with E-state index >= 15 is 0 Å². The van der Waals surface area contributed by atoms with E-state index in [2.05, 4.69) is 19.7 Å². The van der Waals surface area contributed by atoms with Crippen molar-refractivity contribution in [1.29, 1.82) is 0 Å². The molecule has 0 aliphatic heterocycles. The first-order chi connectivity index (χ1) is 14.0. The lowest BCUT2D eigenvalue weighted by Crippen LogP contribution is -2.39. The van der Waals surface area contributed by atoms with Crippen molar-refractivity contribution in [1.82, 2.24) is 0 Å². The van der Waals surface area contributed by atoms with Gasteiger partial charge >= 0.3 is 17.9 Å². The molecule has 0 heterocycles. The molecule has 0 aromatic heterocycles. The molecule has 1 fully saturated rings. The van der Waals surface area contributed by atoms with E-state index in [4.69, 9.17) is 14.2 Å². The lowest BCUT2D eigenvalue weighted by atomic mass is 9.88. The van der Waals surface area contributed by atoms with Gasteiger partial charge in [0.1, 0.15) is 19.8 Å². The van der Waals surface area contributed by atoms with Crippen LogP contribution >= 0.6 is 0 Å². The summed E-state index contributed by atoms with van der Waals surface area (Å²) < 4.78 is 15.5. The number of esters is 3. The first-order valence-electron chi connectivity index (χ1n) is 10.5. The Morgan fingerprint density at radius 1 is 0.633 bits per heavy atom. The molecule has 0 atom stereocenters. The Kier molecular flexibility index (Phi) is 13.4. The van der Waals surface area contributed by atoms with Crippen molar-refractivity contribution in [2.75, 3.05) is 19.8 Å². The molecule has 0 aromatic carbocycles. The fourth-order valence-corrected chi connectivity index (χ4v) is 2.52. The highest BCUT2D eigenvalue weighted by atomic mass is 16.6. The van der Waals surface area contributed by atoms with Gasteiger partial charge in [-0.15, -0.1) is 0 Å². The largest absolute Gasteiger partial charge is 0.461 e. The Morgan fingerprint density at radius 3 is 1.03 bits per heavy atom. The van der Waals surface area contributed by atoms with E-state index < -0.39 is 23.3 Å². The van der Waals surface area contributed by atoms with Crippen LogP contribution in [0.4, 0.5) is 0 Å². The van der Waals surface area contributed by atoms with Crippen molar-refractivity contribution >= 4 is 17.9 Å². The lowest BCUT2D eigenvalue weighted by molar-refractivity contribution is -0.157. The number of ether oxygens (including phenoxy) is 3. The number of carbonyl (C=O) groups excluding carboxylic acids is 3. The molecule has 0 N–H and O–H groups in total. The van der Waals surface area contributed by atoms with Crippen LogP contribution in [0.2, 0.25) is 0 Å². The molecule has 30 heavy (non-hydrogen) atoms. The third kappa shape index (κ3) is 11.6. The van der Waals surface area contributed by atoms with Gasteiger partial charge in [0.2, 0.25) is 0 Å². The number of carbonyl (C=O) groups is 3. The zero-order valence-electron chi connectivity index (χ0n) is 19.1. The van der Waals surface area contributed by atoms with Gasteiger partial charge in [-0.2, -0.15) is 0 Å². The van der Waals surface area contributed by atoms with E-state index in [0.29, 0.717) is 6.42 Å². The maximum atomic E-state index is 11.6. The minimum Gasteiger partial charge on any atom is -0.461 e. The minimum atomic E-state index is -0.860. The smallest absolute Gasteiger partial charge is 0.333 e. The standard InChI is InChI=1S/C18H26O6.C6H12/c1-8-18(9-22-15(19)12(2)3,10-23-16(20)13(4)5)11-24-17(21)14(6)7;1-2-4-6-5-3-1/h2,4,6,8-11H2,1,3,5,7H3;1-6H2. The first kappa shape index (κ1) is 27.6. The summed E-state index contributed by atoms with van der Waals surface area (Å²) in [5, 5.41) is 0. The number of rotatable bonds is 10. The van der Waals surface area contributed by atoms with Gasteiger partial charge in [0.25, 0.3) is 0 Å². The zero-order chi connectivity index (χ0) is 23.2. The molecule has 6 nitrogen and oxygen atoms in total. The van der Waals surface area contributed by atoms with Crippen molar-refractivity contribution in [3.8, 4) is 0 Å². The van der Waals surface area contributed by atoms with Gasteiger partial charge in [0, 0.05) is 16.7 Å². The first-order valence-corrected chi connectivity index (χ1v) is 10.5. The van der Waals surface area contributed by atoms with Gasteiger partial charge in [-0.3, -0.25) is 0 Å². The molecular formula is C24H38O6. The van der Waals surface area contributed by atoms with Crippen LogP contribution in [0.25, 0.3) is 0 Å². The average Bonchev–Trinajstić information content (AvgIpc) is 2.74. The van der Waals surface area contributed by atoms with Gasteiger partial charge in [-0.1, -0.05) is 65.2 Å². The zero-order valence-corrected chi connectivity index (χ0v) is 19.1. The van der Waals surface area contributed by atoms with E-state index in [1.165, 1.54) is 59.3 Å². The normalized spacial score (nSPS) is 13.2. The van der Waals surface area contributed by atoms with E-state index in [-0.39, 0.29) is 36.5 Å². The third-order valence-corrected chi connectivity index (χ3v) is 4.82. The molecule has 170 valence electrons. The molecule has 1 rings (SSSR count). The van der Waals surface area contributed by atoms with E-state index in [0.717, 1.165) is 0 Å². The molecule has 0 bridgehead atoms. The van der Waals surface area contributed by atoms with E-state index in [9.17, 15) is 14.4 Å². The quantitative estimate of drug-likeness (QED) is 0.277. The SMILES string of the molecule is C1CCCCC1.C=C(C)C(=O)OCC(CC)(COC(=O)C(=C)C)COC(=O)C(=C)C. The van der Waals surface area contributed by atoms with Crippen molar-refractivity contribution in [3.63, 3.8) is 0 Å². The Hall–Kier alpha value is -2.37. The van der Waals surface area contributed by atoms with Crippen LogP contribution in [0.15, 0.2) is 36.5 Å². The van der Waals surface area contributed by atoms with Crippen molar-refractivity contribution in [2.45, 2.75) is 72.6 Å². The molecule has 0 aromatic rings. The van der Waals surface area contributed by atoms with Gasteiger partial charge < -0.3 is 14.2 Å². The van der Waals surface area contributed by atoms with E-state index in [1.54, 1.807) is 0 Å². The summed E-state index contributed by atoms with van der Waals surface area (Å²) >= 11 is 0. The van der Waals surface area contributed by atoms with Crippen LogP contribution in [0.1, 0.15) is 72.6 Å². The molecule has 0 radical (unpaired) electrons. The molecule has 1 aliphatic rings. The summed E-state index contributed by atoms with van der Waals surface area (Å²) in [5.74, 6) is -1.69. The Balaban J connectivity index is 0.00000118. The second-order valence-electron chi connectivity index (χ2n) is 8.04. The minimum absolute atomic E-state index is 0.0812. The van der Waals surface area contributed by atoms with Crippen LogP contribution in [0.3, 0.4) is 0 Å². The molecule has 0 unspecified atom stereocenters. The van der Waals surface area contributed by atoms with Crippen molar-refractivity contribution in [2.24, 2.45) is 5.41 Å². The molecule has 0 spiro atoms. The molecular weight excluding hydrogens is 384 g/mol. The highest BCUT2D eigenvalue weighted by Crippen LogP contribution is 2.25. The maximum absolute atomic E-state index is 11.6. The molecule has 0 saturated heterocycles. The lowest BCUT2D eigenvalue weighted by Gasteiger charge is -2.31. The summed E-state index contributed by atoms with van der Waals surface area (Å²) in [7, 11) is 0. The topological polar surface area (TPSA) is 78.9 Å². The number of hydrogen-bond donors (Lipinski definition) is 0. The Labute approximate surface area is 181 Å². The van der Waals surface area contributed by atoms with Crippen molar-refractivity contribution < 1.29 is 28.6 Å². The fraction of sp³-hybridized carbons (Fsp3) is 0.625. The summed E-state index contributed by atoms with van der Waals surface area (Å²) in [6.45, 7) is 16.7. The van der Waals surface area contributed by atoms with Gasteiger partial charge in [0.05, 0.1) is 5.41 Å². The Morgan fingerprint density at radius 2 is 0.867 bits per heavy atom. The third-order valence-electron chi connectivity index (χ3n) is 4.82. The monoisotopic (exact) mass is 422 g/mol. The fourth-order valence-electron chi connectivity index (χ4n) is 2.52. The van der Waals surface area contributed by atoms with Crippen LogP contribution in [0.5, 0.6) is 0 Å². The second-order valence-corrected chi connectivity index (χ2v) is 8.04. The molecule has 1 saturated carbocycles. The van der Waals surface area contributed by atoms with Gasteiger partial charge in [0.15, 0.2) is 0 Å². The summed E-state index contributed by atoms with van der Waals surface area (Å²) in [5.41, 5.74) is -0.116. The van der Waals surface area contributed by atoms with Crippen LogP contribution < -0.4 is 0 Å². The summed E-state index contributed by atoms with van der Waals surface area (Å²) in [6.07, 6.45) is 9.45. The van der Waals surface area contributed by atoms with Crippen LogP contribution in [-0.2, 0) is 28.6 Å². The highest BCUT2D eigenvalue weighted by molar-refractivity contribution is 5.88. The molecule has 0 amide bonds. The summed E-state index contributed by atoms with van der Waals surface area (Å²) in [4.78, 5) is 34.9. The van der Waals surface area contributed by atoms with E-state index in [1.807, 2.05) is 6.92 Å². The van der Waals surface area contributed by atoms with Crippen molar-refractivity contribution in [3.05, 3.63) is 36.5 Å². The van der Waals surface area contributed by atoms with Crippen LogP contribution in [-0.4, -0.2) is 37.7 Å². The Bertz CT molecular complexity index is 542. The maximum Gasteiger partial charge on any atom is 0.333 e. The number of hydrogen-bond acceptors (Lipinski definition) is 6. The van der Waals surface area contributed by atoms with Gasteiger partial charge in [-0.05, 0) is 27.2 Å².